The van der Waals surface area contributed by atoms with Crippen molar-refractivity contribution in [2.24, 2.45) is 0 Å². The van der Waals surface area contributed by atoms with E-state index in [1.807, 2.05) is 0 Å². The second-order valence-electron chi connectivity index (χ2n) is 1.98. The minimum Gasteiger partial charge on any atom is -0.207 e. The van der Waals surface area contributed by atoms with E-state index in [0.717, 1.165) is 5.56 Å². The van der Waals surface area contributed by atoms with Gasteiger partial charge in [0.25, 0.3) is 0 Å². The molecule has 0 aromatic heterocycles. The first-order valence-electron chi connectivity index (χ1n) is 2.84. The van der Waals surface area contributed by atoms with E-state index in [1.54, 1.807) is 0 Å². The van der Waals surface area contributed by atoms with Crippen LogP contribution in [0.15, 0.2) is 12.1 Å². The molecule has 0 heterocycles. The Bertz CT molecular complexity index is 252. The van der Waals surface area contributed by atoms with Crippen molar-refractivity contribution < 1.29 is 4.39 Å². The van der Waals surface area contributed by atoms with Gasteiger partial charge in [0.15, 0.2) is 0 Å². The highest BCUT2D eigenvalue weighted by atomic mass is 79.9. The fraction of sp³-hybridized carbons (Fsp3) is 0.143. The van der Waals surface area contributed by atoms with Gasteiger partial charge in [0, 0.05) is 20.9 Å². The average molecular weight is 258 g/mol. The summed E-state index contributed by atoms with van der Waals surface area (Å²) < 4.78 is 12.6. The Hall–Kier alpha value is 0.210. The van der Waals surface area contributed by atoms with E-state index < -0.39 is 5.82 Å². The van der Waals surface area contributed by atoms with Gasteiger partial charge < -0.3 is 0 Å². The van der Waals surface area contributed by atoms with E-state index in [9.17, 15) is 4.39 Å². The van der Waals surface area contributed by atoms with Gasteiger partial charge in [0.05, 0.1) is 0 Å². The van der Waals surface area contributed by atoms with Crippen molar-refractivity contribution in [3.63, 3.8) is 0 Å². The van der Waals surface area contributed by atoms with Crippen molar-refractivity contribution in [1.29, 1.82) is 0 Å². The molecule has 11 heavy (non-hydrogen) atoms. The third-order valence-electron chi connectivity index (χ3n) is 1.24. The van der Waals surface area contributed by atoms with E-state index in [-0.39, 0.29) is 0 Å². The molecule has 0 aliphatic carbocycles. The quantitative estimate of drug-likeness (QED) is 0.667. The van der Waals surface area contributed by atoms with Crippen molar-refractivity contribution in [3.8, 4) is 0 Å². The Kier molecular flexibility index (Phi) is 3.16. The lowest BCUT2D eigenvalue weighted by molar-refractivity contribution is 0.627. The molecule has 1 aromatic rings. The van der Waals surface area contributed by atoms with E-state index in [0.29, 0.717) is 15.4 Å². The molecule has 4 heteroatoms. The minimum absolute atomic E-state index is 0.354. The molecule has 0 atom stereocenters. The van der Waals surface area contributed by atoms with Crippen LogP contribution in [0.4, 0.5) is 4.39 Å². The van der Waals surface area contributed by atoms with Crippen LogP contribution in [0.2, 0.25) is 10.0 Å². The maximum Gasteiger partial charge on any atom is 0.126 e. The van der Waals surface area contributed by atoms with Crippen molar-refractivity contribution in [2.45, 2.75) is 5.33 Å². The highest BCUT2D eigenvalue weighted by Crippen LogP contribution is 2.27. The fourth-order valence-corrected chi connectivity index (χ4v) is 2.22. The standard InChI is InChI=1S/C7H4BrCl2F/c8-3-5-6(9)1-4(11)2-7(5)10/h1-2H,3H2. The summed E-state index contributed by atoms with van der Waals surface area (Å²) in [4.78, 5) is 0. The molecule has 0 radical (unpaired) electrons. The van der Waals surface area contributed by atoms with Gasteiger partial charge in [0.2, 0.25) is 0 Å². The Morgan fingerprint density at radius 1 is 1.27 bits per heavy atom. The Balaban J connectivity index is 3.25. The summed E-state index contributed by atoms with van der Waals surface area (Å²) in [6, 6.07) is 2.48. The van der Waals surface area contributed by atoms with E-state index >= 15 is 0 Å². The minimum atomic E-state index is -0.412. The van der Waals surface area contributed by atoms with Gasteiger partial charge in [-0.3, -0.25) is 0 Å². The van der Waals surface area contributed by atoms with Crippen LogP contribution in [0.5, 0.6) is 0 Å². The van der Waals surface area contributed by atoms with Gasteiger partial charge in [-0.25, -0.2) is 4.39 Å². The predicted octanol–water partition coefficient (Wildman–Crippen LogP) is 4.03. The van der Waals surface area contributed by atoms with E-state index in [2.05, 4.69) is 15.9 Å². The monoisotopic (exact) mass is 256 g/mol. The van der Waals surface area contributed by atoms with E-state index in [1.165, 1.54) is 12.1 Å². The topological polar surface area (TPSA) is 0 Å². The van der Waals surface area contributed by atoms with Crippen molar-refractivity contribution in [3.05, 3.63) is 33.6 Å². The first-order chi connectivity index (χ1) is 5.15. The van der Waals surface area contributed by atoms with Crippen LogP contribution in [0.1, 0.15) is 5.56 Å². The maximum absolute atomic E-state index is 12.6. The Morgan fingerprint density at radius 2 is 1.73 bits per heavy atom. The number of alkyl halides is 1. The zero-order valence-electron chi connectivity index (χ0n) is 5.37. The Labute approximate surface area is 82.4 Å². The second-order valence-corrected chi connectivity index (χ2v) is 3.36. The molecule has 0 spiro atoms. The highest BCUT2D eigenvalue weighted by Gasteiger charge is 2.05. The first-order valence-corrected chi connectivity index (χ1v) is 4.72. The summed E-state index contributed by atoms with van der Waals surface area (Å²) in [5.74, 6) is -0.412. The van der Waals surface area contributed by atoms with Crippen LogP contribution < -0.4 is 0 Å². The van der Waals surface area contributed by atoms with Crippen LogP contribution >= 0.6 is 39.1 Å². The molecule has 0 N–H and O–H groups in total. The molecule has 0 unspecified atom stereocenters. The van der Waals surface area contributed by atoms with Gasteiger partial charge in [-0.1, -0.05) is 39.1 Å². The lowest BCUT2D eigenvalue weighted by Crippen LogP contribution is -1.84. The van der Waals surface area contributed by atoms with Gasteiger partial charge in [-0.05, 0) is 12.1 Å². The number of benzene rings is 1. The summed E-state index contributed by atoms with van der Waals surface area (Å²) in [6.45, 7) is 0. The number of halogens is 4. The smallest absolute Gasteiger partial charge is 0.126 e. The van der Waals surface area contributed by atoms with Crippen LogP contribution in [0, 0.1) is 5.82 Å². The molecular formula is C7H4BrCl2F. The lowest BCUT2D eigenvalue weighted by atomic mass is 10.2. The largest absolute Gasteiger partial charge is 0.207 e. The van der Waals surface area contributed by atoms with Gasteiger partial charge in [0.1, 0.15) is 5.82 Å². The molecule has 1 rings (SSSR count). The molecule has 0 nitrogen and oxygen atoms in total. The van der Waals surface area contributed by atoms with Crippen LogP contribution in [-0.4, -0.2) is 0 Å². The lowest BCUT2D eigenvalue weighted by Gasteiger charge is -2.02. The first kappa shape index (κ1) is 9.30. The van der Waals surface area contributed by atoms with E-state index in [4.69, 9.17) is 23.2 Å². The van der Waals surface area contributed by atoms with Gasteiger partial charge in [-0.15, -0.1) is 0 Å². The molecule has 1 aromatic carbocycles. The average Bonchev–Trinajstić information content (AvgIpc) is 1.85. The molecule has 0 saturated heterocycles. The molecule has 0 saturated carbocycles. The van der Waals surface area contributed by atoms with Gasteiger partial charge >= 0.3 is 0 Å². The third kappa shape index (κ3) is 2.08. The summed E-state index contributed by atoms with van der Waals surface area (Å²) >= 11 is 14.6. The highest BCUT2D eigenvalue weighted by molar-refractivity contribution is 9.08. The Morgan fingerprint density at radius 3 is 2.09 bits per heavy atom. The van der Waals surface area contributed by atoms with Crippen molar-refractivity contribution in [1.82, 2.24) is 0 Å². The van der Waals surface area contributed by atoms with Crippen LogP contribution in [-0.2, 0) is 5.33 Å². The molecule has 0 amide bonds. The number of hydrogen-bond donors (Lipinski definition) is 0. The molecule has 0 aliphatic heterocycles. The summed E-state index contributed by atoms with van der Waals surface area (Å²) in [7, 11) is 0. The normalized spacial score (nSPS) is 10.2. The SMILES string of the molecule is Fc1cc(Cl)c(CBr)c(Cl)c1. The maximum atomic E-state index is 12.6. The summed E-state index contributed by atoms with van der Waals surface area (Å²) in [5.41, 5.74) is 0.717. The van der Waals surface area contributed by atoms with Gasteiger partial charge in [-0.2, -0.15) is 0 Å². The van der Waals surface area contributed by atoms with Crippen LogP contribution in [0.25, 0.3) is 0 Å². The zero-order valence-corrected chi connectivity index (χ0v) is 8.47. The predicted molar refractivity (Wildman–Crippen MR) is 49.1 cm³/mol. The summed E-state index contributed by atoms with van der Waals surface area (Å²) in [6.07, 6.45) is 0. The summed E-state index contributed by atoms with van der Waals surface area (Å²) in [5, 5.41) is 1.24. The molecule has 0 bridgehead atoms. The number of rotatable bonds is 1. The van der Waals surface area contributed by atoms with Crippen LogP contribution in [0.3, 0.4) is 0 Å². The molecule has 60 valence electrons. The zero-order chi connectivity index (χ0) is 8.43. The number of hydrogen-bond acceptors (Lipinski definition) is 0. The molecule has 0 fully saturated rings. The fourth-order valence-electron chi connectivity index (χ4n) is 0.700. The third-order valence-corrected chi connectivity index (χ3v) is 2.47. The second kappa shape index (κ2) is 3.74. The molecule has 0 aliphatic rings. The van der Waals surface area contributed by atoms with Crippen molar-refractivity contribution in [2.75, 3.05) is 0 Å². The van der Waals surface area contributed by atoms with Crippen molar-refractivity contribution >= 4 is 39.1 Å². The molecular weight excluding hydrogens is 254 g/mol.